The van der Waals surface area contributed by atoms with E-state index in [4.69, 9.17) is 9.47 Å². The molecule has 0 saturated heterocycles. The van der Waals surface area contributed by atoms with E-state index in [-0.39, 0.29) is 5.91 Å². The first kappa shape index (κ1) is 12.3. The second-order valence-electron chi connectivity index (χ2n) is 4.98. The number of hydrogen-bond acceptors (Lipinski definition) is 4. The molecule has 2 N–H and O–H groups in total. The summed E-state index contributed by atoms with van der Waals surface area (Å²) in [5.41, 5.74) is 0.738. The Labute approximate surface area is 112 Å². The number of carbonyl (C=O) groups excluding carboxylic acids is 1. The van der Waals surface area contributed by atoms with Gasteiger partial charge in [-0.2, -0.15) is 0 Å². The fourth-order valence-corrected chi connectivity index (χ4v) is 2.04. The summed E-state index contributed by atoms with van der Waals surface area (Å²) in [6.45, 7) is 2.41. The predicted molar refractivity (Wildman–Crippen MR) is 71.7 cm³/mol. The van der Waals surface area contributed by atoms with Gasteiger partial charge in [-0.3, -0.25) is 4.79 Å². The summed E-state index contributed by atoms with van der Waals surface area (Å²) >= 11 is 0. The highest BCUT2D eigenvalue weighted by Crippen LogP contribution is 2.32. The van der Waals surface area contributed by atoms with Crippen molar-refractivity contribution in [3.8, 4) is 11.5 Å². The Balaban J connectivity index is 1.51. The van der Waals surface area contributed by atoms with Gasteiger partial charge in [0.15, 0.2) is 11.5 Å². The van der Waals surface area contributed by atoms with Crippen LogP contribution in [0, 0.1) is 5.92 Å². The molecule has 1 aromatic rings. The van der Waals surface area contributed by atoms with Crippen LogP contribution in [0.15, 0.2) is 18.2 Å². The number of amides is 1. The normalized spacial score (nSPS) is 17.1. The van der Waals surface area contributed by atoms with Crippen LogP contribution in [0.2, 0.25) is 0 Å². The van der Waals surface area contributed by atoms with E-state index in [2.05, 4.69) is 10.6 Å². The number of carbonyl (C=O) groups is 1. The van der Waals surface area contributed by atoms with Gasteiger partial charge in [0.1, 0.15) is 13.2 Å². The fourth-order valence-electron chi connectivity index (χ4n) is 2.04. The minimum atomic E-state index is -0.0303. The van der Waals surface area contributed by atoms with Crippen LogP contribution in [0.25, 0.3) is 0 Å². The highest BCUT2D eigenvalue weighted by molar-refractivity contribution is 5.92. The molecular weight excluding hydrogens is 244 g/mol. The standard InChI is InChI=1S/C14H18N2O3/c17-14(9-15-8-10-1-2-10)16-11-3-4-12-13(7-11)19-6-5-18-12/h3-4,7,10,15H,1-2,5-6,8-9H2,(H,16,17). The molecular formula is C14H18N2O3. The van der Waals surface area contributed by atoms with E-state index in [1.165, 1.54) is 12.8 Å². The molecule has 5 nitrogen and oxygen atoms in total. The Hall–Kier alpha value is -1.75. The summed E-state index contributed by atoms with van der Waals surface area (Å²) in [4.78, 5) is 11.7. The van der Waals surface area contributed by atoms with Crippen LogP contribution in [0.4, 0.5) is 5.69 Å². The van der Waals surface area contributed by atoms with E-state index in [0.29, 0.717) is 25.5 Å². The Bertz CT molecular complexity index is 472. The Morgan fingerprint density at radius 2 is 2.00 bits per heavy atom. The van der Waals surface area contributed by atoms with Crippen molar-refractivity contribution in [2.24, 2.45) is 5.92 Å². The third kappa shape index (κ3) is 3.38. The van der Waals surface area contributed by atoms with Crippen molar-refractivity contribution in [3.63, 3.8) is 0 Å². The molecule has 0 bridgehead atoms. The van der Waals surface area contributed by atoms with Gasteiger partial charge in [0.2, 0.25) is 5.91 Å². The van der Waals surface area contributed by atoms with Gasteiger partial charge in [-0.15, -0.1) is 0 Å². The van der Waals surface area contributed by atoms with Crippen LogP contribution in [0.5, 0.6) is 11.5 Å². The topological polar surface area (TPSA) is 59.6 Å². The Morgan fingerprint density at radius 3 is 2.79 bits per heavy atom. The molecule has 0 radical (unpaired) electrons. The smallest absolute Gasteiger partial charge is 0.238 e. The lowest BCUT2D eigenvalue weighted by atomic mass is 10.2. The minimum Gasteiger partial charge on any atom is -0.486 e. The molecule has 2 aliphatic rings. The first-order valence-corrected chi connectivity index (χ1v) is 6.71. The predicted octanol–water partition coefficient (Wildman–Crippen LogP) is 1.40. The molecule has 0 aromatic heterocycles. The third-order valence-corrected chi connectivity index (χ3v) is 3.24. The second kappa shape index (κ2) is 5.48. The van der Waals surface area contributed by atoms with Crippen molar-refractivity contribution in [1.82, 2.24) is 5.32 Å². The van der Waals surface area contributed by atoms with Gasteiger partial charge in [0.25, 0.3) is 0 Å². The van der Waals surface area contributed by atoms with Crippen molar-refractivity contribution in [2.45, 2.75) is 12.8 Å². The maximum absolute atomic E-state index is 11.7. The van der Waals surface area contributed by atoms with Gasteiger partial charge < -0.3 is 20.1 Å². The monoisotopic (exact) mass is 262 g/mol. The summed E-state index contributed by atoms with van der Waals surface area (Å²) in [5, 5.41) is 6.01. The molecule has 1 aliphatic heterocycles. The Morgan fingerprint density at radius 1 is 1.21 bits per heavy atom. The highest BCUT2D eigenvalue weighted by Gasteiger charge is 2.20. The molecule has 1 aromatic carbocycles. The summed E-state index contributed by atoms with van der Waals surface area (Å²) in [7, 11) is 0. The SMILES string of the molecule is O=C(CNCC1CC1)Nc1ccc2c(c1)OCCO2. The quantitative estimate of drug-likeness (QED) is 0.842. The maximum Gasteiger partial charge on any atom is 0.238 e. The molecule has 5 heteroatoms. The second-order valence-corrected chi connectivity index (χ2v) is 4.98. The third-order valence-electron chi connectivity index (χ3n) is 3.24. The van der Waals surface area contributed by atoms with Crippen LogP contribution in [0.1, 0.15) is 12.8 Å². The number of rotatable bonds is 5. The average Bonchev–Trinajstić information content (AvgIpc) is 3.23. The largest absolute Gasteiger partial charge is 0.486 e. The Kier molecular flexibility index (Phi) is 3.55. The minimum absolute atomic E-state index is 0.0303. The summed E-state index contributed by atoms with van der Waals surface area (Å²) < 4.78 is 10.9. The van der Waals surface area contributed by atoms with Gasteiger partial charge in [-0.05, 0) is 37.4 Å². The molecule has 0 unspecified atom stereocenters. The van der Waals surface area contributed by atoms with E-state index in [1.54, 1.807) is 6.07 Å². The number of benzene rings is 1. The molecule has 1 aliphatic carbocycles. The maximum atomic E-state index is 11.7. The fraction of sp³-hybridized carbons (Fsp3) is 0.500. The average molecular weight is 262 g/mol. The van der Waals surface area contributed by atoms with E-state index >= 15 is 0 Å². The van der Waals surface area contributed by atoms with Gasteiger partial charge in [-0.25, -0.2) is 0 Å². The van der Waals surface area contributed by atoms with Crippen molar-refractivity contribution < 1.29 is 14.3 Å². The molecule has 1 saturated carbocycles. The highest BCUT2D eigenvalue weighted by atomic mass is 16.6. The molecule has 1 fully saturated rings. The zero-order valence-corrected chi connectivity index (χ0v) is 10.8. The number of ether oxygens (including phenoxy) is 2. The van der Waals surface area contributed by atoms with Crippen LogP contribution >= 0.6 is 0 Å². The van der Waals surface area contributed by atoms with Crippen LogP contribution in [0.3, 0.4) is 0 Å². The lowest BCUT2D eigenvalue weighted by Gasteiger charge is -2.19. The van der Waals surface area contributed by atoms with Gasteiger partial charge >= 0.3 is 0 Å². The molecule has 0 atom stereocenters. The summed E-state index contributed by atoms with van der Waals surface area (Å²) in [6.07, 6.45) is 2.58. The number of anilines is 1. The van der Waals surface area contributed by atoms with Gasteiger partial charge in [-0.1, -0.05) is 0 Å². The number of nitrogens with one attached hydrogen (secondary N) is 2. The number of fused-ring (bicyclic) bond motifs is 1. The zero-order valence-electron chi connectivity index (χ0n) is 10.8. The van der Waals surface area contributed by atoms with E-state index in [0.717, 1.165) is 23.9 Å². The molecule has 1 amide bonds. The van der Waals surface area contributed by atoms with Crippen molar-refractivity contribution in [1.29, 1.82) is 0 Å². The molecule has 102 valence electrons. The summed E-state index contributed by atoms with van der Waals surface area (Å²) in [6, 6.07) is 5.45. The van der Waals surface area contributed by atoms with Crippen molar-refractivity contribution in [3.05, 3.63) is 18.2 Å². The summed E-state index contributed by atoms with van der Waals surface area (Å²) in [5.74, 6) is 2.17. The van der Waals surface area contributed by atoms with Crippen LogP contribution in [-0.2, 0) is 4.79 Å². The van der Waals surface area contributed by atoms with Crippen LogP contribution in [-0.4, -0.2) is 32.2 Å². The van der Waals surface area contributed by atoms with Crippen molar-refractivity contribution >= 4 is 11.6 Å². The molecule has 19 heavy (non-hydrogen) atoms. The molecule has 0 spiro atoms. The van der Waals surface area contributed by atoms with Crippen LogP contribution < -0.4 is 20.1 Å². The van der Waals surface area contributed by atoms with Crippen molar-refractivity contribution in [2.75, 3.05) is 31.6 Å². The first-order valence-electron chi connectivity index (χ1n) is 6.71. The van der Waals surface area contributed by atoms with E-state index < -0.39 is 0 Å². The lowest BCUT2D eigenvalue weighted by molar-refractivity contribution is -0.115. The molecule has 3 rings (SSSR count). The molecule has 1 heterocycles. The zero-order chi connectivity index (χ0) is 13.1. The first-order chi connectivity index (χ1) is 9.31. The van der Waals surface area contributed by atoms with Gasteiger partial charge in [0, 0.05) is 11.8 Å². The van der Waals surface area contributed by atoms with Gasteiger partial charge in [0.05, 0.1) is 6.54 Å². The lowest BCUT2D eigenvalue weighted by Crippen LogP contribution is -2.29. The van der Waals surface area contributed by atoms with E-state index in [9.17, 15) is 4.79 Å². The number of hydrogen-bond donors (Lipinski definition) is 2. The van der Waals surface area contributed by atoms with E-state index in [1.807, 2.05) is 12.1 Å².